The molecule has 2 saturated carbocycles. The number of halogens is 2. The molecule has 7 heteroatoms. The maximum absolute atomic E-state index is 16.1. The highest BCUT2D eigenvalue weighted by Gasteiger charge is 2.44. The molecule has 2 aromatic heterocycles. The minimum absolute atomic E-state index is 0.0824. The van der Waals surface area contributed by atoms with Gasteiger partial charge < -0.3 is 9.13 Å². The van der Waals surface area contributed by atoms with Crippen molar-refractivity contribution in [2.45, 2.75) is 69.2 Å². The second-order valence-electron chi connectivity index (χ2n) is 10.8. The Morgan fingerprint density at radius 2 is 1.62 bits per heavy atom. The molecule has 2 unspecified atom stereocenters. The van der Waals surface area contributed by atoms with Gasteiger partial charge in [0.2, 0.25) is 0 Å². The zero-order chi connectivity index (χ0) is 26.2. The van der Waals surface area contributed by atoms with Crippen molar-refractivity contribution in [3.8, 4) is 0 Å². The number of aromatic nitrogens is 2. The quantitative estimate of drug-likeness (QED) is 0.253. The summed E-state index contributed by atoms with van der Waals surface area (Å²) < 4.78 is 19.8. The van der Waals surface area contributed by atoms with E-state index >= 15 is 4.39 Å². The van der Waals surface area contributed by atoms with E-state index in [0.717, 1.165) is 29.6 Å². The van der Waals surface area contributed by atoms with Crippen LogP contribution in [-0.4, -0.2) is 15.4 Å². The highest BCUT2D eigenvalue weighted by molar-refractivity contribution is 7.98. The monoisotopic (exact) mass is 536 g/mol. The molecule has 2 aliphatic rings. The second-order valence-corrected chi connectivity index (χ2v) is 12.4. The summed E-state index contributed by atoms with van der Waals surface area (Å²) in [7, 11) is 0. The van der Waals surface area contributed by atoms with Gasteiger partial charge in [0.05, 0.1) is 15.8 Å². The smallest absolute Gasteiger partial charge is 0.261 e. The molecule has 0 saturated heterocycles. The molecule has 37 heavy (non-hydrogen) atoms. The largest absolute Gasteiger partial charge is 0.309 e. The molecule has 0 aliphatic heterocycles. The average Bonchev–Trinajstić information content (AvgIpc) is 3.79. The molecule has 0 radical (unpaired) electrons. The summed E-state index contributed by atoms with van der Waals surface area (Å²) >= 11 is 8.12. The number of thioether (sulfide) groups is 1. The van der Waals surface area contributed by atoms with Crippen molar-refractivity contribution in [3.05, 3.63) is 91.0 Å². The number of hydrogen-bond acceptors (Lipinski definition) is 3. The third-order valence-corrected chi connectivity index (χ3v) is 9.30. The zero-order valence-corrected chi connectivity index (χ0v) is 23.0. The van der Waals surface area contributed by atoms with Gasteiger partial charge in [0.1, 0.15) is 5.82 Å². The number of hydrogen-bond donors (Lipinski definition) is 0. The summed E-state index contributed by atoms with van der Waals surface area (Å²) in [6.07, 6.45) is 4.58. The number of rotatable bonds is 6. The van der Waals surface area contributed by atoms with Gasteiger partial charge in [-0.25, -0.2) is 4.39 Å². The van der Waals surface area contributed by atoms with Crippen LogP contribution in [0, 0.1) is 5.82 Å². The van der Waals surface area contributed by atoms with Crippen LogP contribution in [-0.2, 0) is 0 Å². The van der Waals surface area contributed by atoms with E-state index in [1.165, 1.54) is 0 Å². The van der Waals surface area contributed by atoms with Crippen LogP contribution in [0.1, 0.15) is 86.2 Å². The van der Waals surface area contributed by atoms with Crippen LogP contribution in [0.3, 0.4) is 0 Å². The molecule has 192 valence electrons. The van der Waals surface area contributed by atoms with Gasteiger partial charge in [-0.2, -0.15) is 11.8 Å². The third kappa shape index (κ3) is 3.95. The van der Waals surface area contributed by atoms with E-state index in [0.29, 0.717) is 27.8 Å². The third-order valence-electron chi connectivity index (χ3n) is 8.04. The van der Waals surface area contributed by atoms with E-state index < -0.39 is 5.82 Å². The Kier molecular flexibility index (Phi) is 6.03. The van der Waals surface area contributed by atoms with Gasteiger partial charge in [0.15, 0.2) is 0 Å². The Balaban J connectivity index is 1.49. The molecule has 0 bridgehead atoms. The summed E-state index contributed by atoms with van der Waals surface area (Å²) in [4.78, 5) is 27.3. The van der Waals surface area contributed by atoms with E-state index in [2.05, 4.69) is 20.8 Å². The van der Waals surface area contributed by atoms with Gasteiger partial charge in [-0.15, -0.1) is 0 Å². The predicted octanol–water partition coefficient (Wildman–Crippen LogP) is 7.72. The Morgan fingerprint density at radius 1 is 0.946 bits per heavy atom. The first-order valence-electron chi connectivity index (χ1n) is 13.0. The van der Waals surface area contributed by atoms with E-state index in [4.69, 9.17) is 11.6 Å². The number of pyridine rings is 2. The van der Waals surface area contributed by atoms with Gasteiger partial charge in [-0.1, -0.05) is 49.7 Å². The lowest BCUT2D eigenvalue weighted by Crippen LogP contribution is -2.25. The maximum atomic E-state index is 16.1. The average molecular weight is 537 g/mol. The van der Waals surface area contributed by atoms with E-state index in [9.17, 15) is 9.59 Å². The fourth-order valence-corrected chi connectivity index (χ4v) is 6.47. The van der Waals surface area contributed by atoms with Gasteiger partial charge in [0, 0.05) is 34.6 Å². The van der Waals surface area contributed by atoms with Crippen LogP contribution in [0.25, 0.3) is 21.5 Å². The first-order valence-corrected chi connectivity index (χ1v) is 14.6. The summed E-state index contributed by atoms with van der Waals surface area (Å²) in [5.41, 5.74) is 2.03. The molecule has 0 spiro atoms. The highest BCUT2D eigenvalue weighted by atomic mass is 35.5. The van der Waals surface area contributed by atoms with Crippen molar-refractivity contribution in [1.82, 2.24) is 9.13 Å². The molecule has 4 aromatic rings. The Labute approximate surface area is 224 Å². The first kappa shape index (κ1) is 24.7. The van der Waals surface area contributed by atoms with Crippen molar-refractivity contribution in [3.63, 3.8) is 0 Å². The molecule has 3 atom stereocenters. The molecule has 2 aromatic carbocycles. The molecule has 0 amide bonds. The van der Waals surface area contributed by atoms with Crippen LogP contribution < -0.4 is 11.1 Å². The van der Waals surface area contributed by atoms with Crippen molar-refractivity contribution in [1.29, 1.82) is 0 Å². The SMILES string of the molecule is CSC(C)c1cc2cccc(Cl)c2c(=O)n1C1C[C@H]1c1ccc2cc(C(C)C)n(C3CC3)c(=O)c2c1F. The number of nitrogens with zero attached hydrogens (tertiary/aromatic N) is 2. The maximum Gasteiger partial charge on any atom is 0.261 e. The molecule has 2 heterocycles. The van der Waals surface area contributed by atoms with Crippen LogP contribution in [0.15, 0.2) is 52.1 Å². The van der Waals surface area contributed by atoms with Crippen LogP contribution in [0.5, 0.6) is 0 Å². The summed E-state index contributed by atoms with van der Waals surface area (Å²) in [5.74, 6) is -0.434. The highest BCUT2D eigenvalue weighted by Crippen LogP contribution is 2.53. The fraction of sp³-hybridized carbons (Fsp3) is 0.400. The van der Waals surface area contributed by atoms with Crippen molar-refractivity contribution < 1.29 is 4.39 Å². The molecular weight excluding hydrogens is 507 g/mol. The molecule has 2 fully saturated rings. The summed E-state index contributed by atoms with van der Waals surface area (Å²) in [6.45, 7) is 6.21. The van der Waals surface area contributed by atoms with Crippen molar-refractivity contribution >= 4 is 44.9 Å². The standard InChI is InChI=1S/C30H30ClFN2O2S/c1-15(2)23-12-18-8-11-20(28(32)27(18)30(36)33(23)19-9-10-19)21-14-25(21)34-24(16(3)37-4)13-17-6-5-7-22(31)26(17)29(34)35/h5-8,11-13,15-16,19,21,25H,9-10,14H2,1-4H3/t16?,21-,25?/m0/s1. The lowest BCUT2D eigenvalue weighted by Gasteiger charge is -2.20. The molecule has 2 aliphatic carbocycles. The lowest BCUT2D eigenvalue weighted by atomic mass is 10.0. The van der Waals surface area contributed by atoms with Crippen LogP contribution in [0.4, 0.5) is 4.39 Å². The normalized spacial score (nSPS) is 20.2. The molecule has 6 rings (SSSR count). The van der Waals surface area contributed by atoms with Gasteiger partial charge >= 0.3 is 0 Å². The predicted molar refractivity (Wildman–Crippen MR) is 152 cm³/mol. The second kappa shape index (κ2) is 9.02. The molecule has 0 N–H and O–H groups in total. The number of benzene rings is 2. The Hall–Kier alpha value is -2.57. The topological polar surface area (TPSA) is 44.0 Å². The van der Waals surface area contributed by atoms with E-state index in [1.807, 2.05) is 51.8 Å². The minimum atomic E-state index is -0.439. The Bertz CT molecular complexity index is 1690. The lowest BCUT2D eigenvalue weighted by molar-refractivity contribution is 0.596. The minimum Gasteiger partial charge on any atom is -0.309 e. The zero-order valence-electron chi connectivity index (χ0n) is 21.4. The van der Waals surface area contributed by atoms with Crippen LogP contribution in [0.2, 0.25) is 5.02 Å². The molecule has 4 nitrogen and oxygen atoms in total. The summed E-state index contributed by atoms with van der Waals surface area (Å²) in [6, 6.07) is 13.2. The van der Waals surface area contributed by atoms with Gasteiger partial charge in [0.25, 0.3) is 11.1 Å². The van der Waals surface area contributed by atoms with Crippen molar-refractivity contribution in [2.24, 2.45) is 0 Å². The fourth-order valence-electron chi connectivity index (χ4n) is 5.78. The Morgan fingerprint density at radius 3 is 2.30 bits per heavy atom. The van der Waals surface area contributed by atoms with E-state index in [-0.39, 0.29) is 45.7 Å². The van der Waals surface area contributed by atoms with Crippen LogP contribution >= 0.6 is 23.4 Å². The first-order chi connectivity index (χ1) is 17.7. The van der Waals surface area contributed by atoms with E-state index in [1.54, 1.807) is 17.8 Å². The summed E-state index contributed by atoms with van der Waals surface area (Å²) in [5, 5.41) is 2.65. The van der Waals surface area contributed by atoms with Crippen molar-refractivity contribution in [2.75, 3.05) is 6.26 Å². The van der Waals surface area contributed by atoms with Gasteiger partial charge in [-0.05, 0) is 72.9 Å². The number of fused-ring (bicyclic) bond motifs is 2. The molecular formula is C30H30ClFN2O2S. The van der Waals surface area contributed by atoms with Gasteiger partial charge in [-0.3, -0.25) is 9.59 Å².